The van der Waals surface area contributed by atoms with Gasteiger partial charge in [0, 0.05) is 23.4 Å². The topological polar surface area (TPSA) is 119 Å². The Bertz CT molecular complexity index is 1140. The number of nitrogens with zero attached hydrogens (tertiary/aromatic N) is 3. The van der Waals surface area contributed by atoms with Gasteiger partial charge in [-0.3, -0.25) is 24.4 Å². The van der Waals surface area contributed by atoms with Gasteiger partial charge in [0.2, 0.25) is 0 Å². The van der Waals surface area contributed by atoms with Gasteiger partial charge in [0.15, 0.2) is 0 Å². The van der Waals surface area contributed by atoms with Gasteiger partial charge in [0.25, 0.3) is 11.8 Å². The van der Waals surface area contributed by atoms with Crippen LogP contribution in [0.25, 0.3) is 0 Å². The lowest BCUT2D eigenvalue weighted by Gasteiger charge is -2.09. The summed E-state index contributed by atoms with van der Waals surface area (Å²) >= 11 is 0. The Hall–Kier alpha value is -4.01. The van der Waals surface area contributed by atoms with Gasteiger partial charge >= 0.3 is 5.69 Å². The third kappa shape index (κ3) is 4.95. The van der Waals surface area contributed by atoms with Crippen molar-refractivity contribution in [1.82, 2.24) is 15.1 Å². The number of nitrogens with one attached hydrogen (secondary N) is 2. The second-order valence-electron chi connectivity index (χ2n) is 7.03. The van der Waals surface area contributed by atoms with E-state index >= 15 is 0 Å². The van der Waals surface area contributed by atoms with Crippen LogP contribution in [-0.4, -0.2) is 33.1 Å². The largest absolute Gasteiger partial charge is 0.352 e. The standard InChI is InChI=1S/C22H23N5O4/c1-4-23-21(28)18-6-5-7-19(12-18)24-22(29)17-10-8-16(9-11-17)13-26-15(3)20(27(30)31)14(2)25-26/h5-12H,4,13H2,1-3H3,(H,23,28)(H,24,29). The normalized spacial score (nSPS) is 10.5. The fourth-order valence-electron chi connectivity index (χ4n) is 3.24. The van der Waals surface area contributed by atoms with Crippen molar-refractivity contribution in [1.29, 1.82) is 0 Å². The molecule has 0 saturated heterocycles. The van der Waals surface area contributed by atoms with E-state index in [-0.39, 0.29) is 17.5 Å². The molecule has 0 atom stereocenters. The van der Waals surface area contributed by atoms with Gasteiger partial charge < -0.3 is 10.6 Å². The Kier molecular flexibility index (Phi) is 6.44. The van der Waals surface area contributed by atoms with E-state index < -0.39 is 4.92 Å². The predicted molar refractivity (Wildman–Crippen MR) is 116 cm³/mol. The molecule has 1 heterocycles. The van der Waals surface area contributed by atoms with E-state index in [2.05, 4.69) is 15.7 Å². The van der Waals surface area contributed by atoms with Crippen molar-refractivity contribution in [3.8, 4) is 0 Å². The summed E-state index contributed by atoms with van der Waals surface area (Å²) in [7, 11) is 0. The number of benzene rings is 2. The zero-order chi connectivity index (χ0) is 22.5. The van der Waals surface area contributed by atoms with Gasteiger partial charge in [-0.15, -0.1) is 0 Å². The van der Waals surface area contributed by atoms with Crippen molar-refractivity contribution in [2.75, 3.05) is 11.9 Å². The maximum Gasteiger partial charge on any atom is 0.312 e. The van der Waals surface area contributed by atoms with Crippen LogP contribution in [0.4, 0.5) is 11.4 Å². The second-order valence-corrected chi connectivity index (χ2v) is 7.03. The fraction of sp³-hybridized carbons (Fsp3) is 0.227. The molecule has 2 N–H and O–H groups in total. The van der Waals surface area contributed by atoms with E-state index in [1.54, 1.807) is 67.1 Å². The molecule has 0 unspecified atom stereocenters. The Morgan fingerprint density at radius 2 is 1.77 bits per heavy atom. The molecule has 0 aliphatic heterocycles. The zero-order valence-corrected chi connectivity index (χ0v) is 17.5. The van der Waals surface area contributed by atoms with Crippen molar-refractivity contribution < 1.29 is 14.5 Å². The third-order valence-electron chi connectivity index (χ3n) is 4.79. The SMILES string of the molecule is CCNC(=O)c1cccc(NC(=O)c2ccc(Cn3nc(C)c([N+](=O)[O-])c3C)cc2)c1. The maximum atomic E-state index is 12.6. The monoisotopic (exact) mass is 421 g/mol. The van der Waals surface area contributed by atoms with Gasteiger partial charge in [-0.25, -0.2) is 0 Å². The van der Waals surface area contributed by atoms with Crippen molar-refractivity contribution in [2.45, 2.75) is 27.3 Å². The Morgan fingerprint density at radius 1 is 1.06 bits per heavy atom. The molecule has 0 radical (unpaired) electrons. The number of nitro groups is 1. The van der Waals surface area contributed by atoms with Gasteiger partial charge in [-0.2, -0.15) is 5.10 Å². The summed E-state index contributed by atoms with van der Waals surface area (Å²) in [5.41, 5.74) is 3.17. The van der Waals surface area contributed by atoms with Crippen LogP contribution in [0.3, 0.4) is 0 Å². The van der Waals surface area contributed by atoms with Crippen LogP contribution in [0, 0.1) is 24.0 Å². The molecule has 31 heavy (non-hydrogen) atoms. The first-order chi connectivity index (χ1) is 14.8. The number of amides is 2. The highest BCUT2D eigenvalue weighted by Gasteiger charge is 2.21. The van der Waals surface area contributed by atoms with Crippen molar-refractivity contribution in [3.05, 3.63) is 86.7 Å². The van der Waals surface area contributed by atoms with Crippen molar-refractivity contribution >= 4 is 23.2 Å². The molecule has 9 nitrogen and oxygen atoms in total. The number of hydrogen-bond donors (Lipinski definition) is 2. The molecule has 2 aromatic carbocycles. The molecule has 0 aliphatic rings. The van der Waals surface area contributed by atoms with Crippen LogP contribution in [0.1, 0.15) is 44.6 Å². The molecule has 0 spiro atoms. The van der Waals surface area contributed by atoms with Crippen LogP contribution >= 0.6 is 0 Å². The van der Waals surface area contributed by atoms with Crippen molar-refractivity contribution in [3.63, 3.8) is 0 Å². The van der Waals surface area contributed by atoms with E-state index in [4.69, 9.17) is 0 Å². The number of anilines is 1. The molecule has 9 heteroatoms. The molecular formula is C22H23N5O4. The predicted octanol–water partition coefficient (Wildman–Crippen LogP) is 3.46. The lowest BCUT2D eigenvalue weighted by molar-refractivity contribution is -0.386. The maximum absolute atomic E-state index is 12.6. The quantitative estimate of drug-likeness (QED) is 0.447. The molecule has 1 aromatic heterocycles. The van der Waals surface area contributed by atoms with E-state index in [0.29, 0.717) is 41.3 Å². The summed E-state index contributed by atoms with van der Waals surface area (Å²) in [4.78, 5) is 35.2. The number of aromatic nitrogens is 2. The summed E-state index contributed by atoms with van der Waals surface area (Å²) in [5.74, 6) is -0.506. The molecular weight excluding hydrogens is 398 g/mol. The van der Waals surface area contributed by atoms with E-state index in [1.165, 1.54) is 0 Å². The molecule has 3 rings (SSSR count). The second kappa shape index (κ2) is 9.21. The Morgan fingerprint density at radius 3 is 2.39 bits per heavy atom. The molecule has 3 aromatic rings. The minimum Gasteiger partial charge on any atom is -0.352 e. The Balaban J connectivity index is 1.70. The Labute approximate surface area is 179 Å². The summed E-state index contributed by atoms with van der Waals surface area (Å²) in [6.45, 7) is 5.98. The van der Waals surface area contributed by atoms with Gasteiger partial charge in [0.05, 0.1) is 11.5 Å². The average Bonchev–Trinajstić information content (AvgIpc) is 3.02. The van der Waals surface area contributed by atoms with E-state index in [9.17, 15) is 19.7 Å². The van der Waals surface area contributed by atoms with E-state index in [0.717, 1.165) is 5.56 Å². The fourth-order valence-corrected chi connectivity index (χ4v) is 3.24. The summed E-state index contributed by atoms with van der Waals surface area (Å²) in [6, 6.07) is 13.6. The van der Waals surface area contributed by atoms with Crippen LogP contribution in [0.2, 0.25) is 0 Å². The third-order valence-corrected chi connectivity index (χ3v) is 4.79. The molecule has 0 aliphatic carbocycles. The molecule has 0 bridgehead atoms. The molecule has 160 valence electrons. The lowest BCUT2D eigenvalue weighted by Crippen LogP contribution is -2.22. The van der Waals surface area contributed by atoms with Crippen molar-refractivity contribution in [2.24, 2.45) is 0 Å². The van der Waals surface area contributed by atoms with Gasteiger partial charge in [0.1, 0.15) is 11.4 Å². The summed E-state index contributed by atoms with van der Waals surface area (Å²) in [6.07, 6.45) is 0. The van der Waals surface area contributed by atoms with Crippen LogP contribution in [0.15, 0.2) is 48.5 Å². The van der Waals surface area contributed by atoms with Gasteiger partial charge in [-0.1, -0.05) is 18.2 Å². The first kappa shape index (κ1) is 21.7. The number of aryl methyl sites for hydroxylation is 1. The summed E-state index contributed by atoms with van der Waals surface area (Å²) < 4.78 is 1.58. The summed E-state index contributed by atoms with van der Waals surface area (Å²) in [5, 5.41) is 20.9. The van der Waals surface area contributed by atoms with E-state index in [1.807, 2.05) is 6.92 Å². The average molecular weight is 421 g/mol. The van der Waals surface area contributed by atoms with Crippen LogP contribution in [-0.2, 0) is 6.54 Å². The van der Waals surface area contributed by atoms with Crippen LogP contribution < -0.4 is 10.6 Å². The highest BCUT2D eigenvalue weighted by molar-refractivity contribution is 6.05. The first-order valence-electron chi connectivity index (χ1n) is 9.77. The molecule has 2 amide bonds. The minimum absolute atomic E-state index is 0.0193. The highest BCUT2D eigenvalue weighted by Crippen LogP contribution is 2.22. The molecule has 0 fully saturated rings. The number of hydrogen-bond acceptors (Lipinski definition) is 5. The molecule has 0 saturated carbocycles. The first-order valence-corrected chi connectivity index (χ1v) is 9.77. The lowest BCUT2D eigenvalue weighted by atomic mass is 10.1. The number of rotatable bonds is 7. The smallest absolute Gasteiger partial charge is 0.312 e. The van der Waals surface area contributed by atoms with Crippen LogP contribution in [0.5, 0.6) is 0 Å². The minimum atomic E-state index is -0.428. The zero-order valence-electron chi connectivity index (χ0n) is 17.5. The number of carbonyl (C=O) groups excluding carboxylic acids is 2. The highest BCUT2D eigenvalue weighted by atomic mass is 16.6. The number of carbonyl (C=O) groups is 2. The van der Waals surface area contributed by atoms with Gasteiger partial charge in [-0.05, 0) is 56.7 Å².